The molecular formula is C22H32O7. The highest BCUT2D eigenvalue weighted by Gasteiger charge is 2.25. The van der Waals surface area contributed by atoms with Crippen molar-refractivity contribution < 1.29 is 33.7 Å². The van der Waals surface area contributed by atoms with Crippen molar-refractivity contribution in [1.82, 2.24) is 0 Å². The Balaban J connectivity index is 2.72. The minimum Gasteiger partial charge on any atom is -0.472 e. The molecule has 1 heterocycles. The van der Waals surface area contributed by atoms with Gasteiger partial charge in [-0.25, -0.2) is 9.59 Å². The number of hydrogen-bond donors (Lipinski definition) is 2. The first-order valence-corrected chi connectivity index (χ1v) is 9.65. The van der Waals surface area contributed by atoms with Gasteiger partial charge in [0.15, 0.2) is 0 Å². The lowest BCUT2D eigenvalue weighted by Crippen LogP contribution is -2.35. The quantitative estimate of drug-likeness (QED) is 0.404. The zero-order chi connectivity index (χ0) is 21.9. The molecule has 0 saturated heterocycles. The van der Waals surface area contributed by atoms with Gasteiger partial charge in [-0.05, 0) is 64.0 Å². The summed E-state index contributed by atoms with van der Waals surface area (Å²) in [4.78, 5) is 24.0. The Morgan fingerprint density at radius 2 is 1.69 bits per heavy atom. The summed E-state index contributed by atoms with van der Waals surface area (Å²) in [6.07, 6.45) is 8.58. The van der Waals surface area contributed by atoms with Gasteiger partial charge in [-0.2, -0.15) is 0 Å². The molecule has 0 aliphatic heterocycles. The van der Waals surface area contributed by atoms with Crippen molar-refractivity contribution in [2.45, 2.75) is 64.1 Å². The van der Waals surface area contributed by atoms with Crippen LogP contribution >= 0.6 is 0 Å². The second kappa shape index (κ2) is 12.2. The summed E-state index contributed by atoms with van der Waals surface area (Å²) in [6.45, 7) is 3.02. The third kappa shape index (κ3) is 9.11. The maximum Gasteiger partial charge on any atom is 0.333 e. The number of allylic oxidation sites excluding steroid dienone is 2. The summed E-state index contributed by atoms with van der Waals surface area (Å²) in [5.74, 6) is -0.890. The van der Waals surface area contributed by atoms with Crippen LogP contribution in [0.1, 0.15) is 51.5 Å². The van der Waals surface area contributed by atoms with Crippen molar-refractivity contribution in [3.8, 4) is 0 Å². The summed E-state index contributed by atoms with van der Waals surface area (Å²) in [6, 6.07) is 1.87. The number of aliphatic hydroxyl groups excluding tert-OH is 1. The molecule has 0 fully saturated rings. The number of aryl methyl sites for hydroxylation is 1. The van der Waals surface area contributed by atoms with E-state index in [9.17, 15) is 19.8 Å². The van der Waals surface area contributed by atoms with E-state index in [-0.39, 0.29) is 12.8 Å². The van der Waals surface area contributed by atoms with Crippen molar-refractivity contribution in [1.29, 1.82) is 0 Å². The summed E-state index contributed by atoms with van der Waals surface area (Å²) in [5.41, 5.74) is 0.729. The van der Waals surface area contributed by atoms with Gasteiger partial charge in [0.05, 0.1) is 38.5 Å². The number of carbonyl (C=O) groups is 2. The molecule has 1 rings (SSSR count). The number of hydrogen-bond acceptors (Lipinski definition) is 7. The molecule has 0 amide bonds. The lowest BCUT2D eigenvalue weighted by Gasteiger charge is -2.24. The molecule has 1 aromatic heterocycles. The monoisotopic (exact) mass is 408 g/mol. The van der Waals surface area contributed by atoms with E-state index in [4.69, 9.17) is 13.9 Å². The lowest BCUT2D eigenvalue weighted by atomic mass is 9.95. The zero-order valence-corrected chi connectivity index (χ0v) is 17.6. The fraction of sp³-hybridized carbons (Fsp3) is 0.545. The highest BCUT2D eigenvalue weighted by atomic mass is 16.5. The van der Waals surface area contributed by atoms with E-state index >= 15 is 0 Å². The SMILES string of the molecule is COC(=O)C(=CCCc1ccoc1)CCC=C(CCC(O)C(C)(C)O)C(=O)OC. The van der Waals surface area contributed by atoms with Crippen LogP contribution in [0.25, 0.3) is 0 Å². The van der Waals surface area contributed by atoms with Crippen LogP contribution in [0.15, 0.2) is 46.3 Å². The van der Waals surface area contributed by atoms with Gasteiger partial charge in [0.25, 0.3) is 0 Å². The van der Waals surface area contributed by atoms with Crippen LogP contribution in [-0.2, 0) is 25.5 Å². The Morgan fingerprint density at radius 3 is 2.21 bits per heavy atom. The average Bonchev–Trinajstić information content (AvgIpc) is 3.20. The van der Waals surface area contributed by atoms with Crippen LogP contribution < -0.4 is 0 Å². The molecular weight excluding hydrogens is 376 g/mol. The number of rotatable bonds is 12. The third-order valence-corrected chi connectivity index (χ3v) is 4.61. The average molecular weight is 408 g/mol. The Hall–Kier alpha value is -2.38. The van der Waals surface area contributed by atoms with Crippen molar-refractivity contribution >= 4 is 11.9 Å². The summed E-state index contributed by atoms with van der Waals surface area (Å²) >= 11 is 0. The van der Waals surface area contributed by atoms with Crippen LogP contribution in [0.2, 0.25) is 0 Å². The normalized spacial score (nSPS) is 13.9. The maximum absolute atomic E-state index is 12.0. The van der Waals surface area contributed by atoms with E-state index in [1.807, 2.05) is 12.1 Å². The van der Waals surface area contributed by atoms with Gasteiger partial charge in [0, 0.05) is 11.1 Å². The van der Waals surface area contributed by atoms with Gasteiger partial charge >= 0.3 is 11.9 Å². The Bertz CT molecular complexity index is 693. The minimum absolute atomic E-state index is 0.217. The lowest BCUT2D eigenvalue weighted by molar-refractivity contribution is -0.137. The molecule has 0 aliphatic rings. The fourth-order valence-electron chi connectivity index (χ4n) is 2.73. The maximum atomic E-state index is 12.0. The summed E-state index contributed by atoms with van der Waals surface area (Å²) in [7, 11) is 2.62. The van der Waals surface area contributed by atoms with Crippen molar-refractivity contribution in [3.05, 3.63) is 47.5 Å². The summed E-state index contributed by atoms with van der Waals surface area (Å²) in [5, 5.41) is 19.8. The molecule has 1 atom stereocenters. The van der Waals surface area contributed by atoms with Gasteiger partial charge in [0.2, 0.25) is 0 Å². The molecule has 0 radical (unpaired) electrons. The van der Waals surface area contributed by atoms with E-state index in [1.54, 1.807) is 18.6 Å². The first-order chi connectivity index (χ1) is 13.7. The zero-order valence-electron chi connectivity index (χ0n) is 17.6. The standard InChI is InChI=1S/C22H32O7/c1-22(2,26)19(23)12-11-18(21(25)28-4)10-6-9-17(20(24)27-3)8-5-7-16-13-14-29-15-16/h8,10,13-15,19,23,26H,5-7,9,11-12H2,1-4H3. The van der Waals surface area contributed by atoms with Gasteiger partial charge < -0.3 is 24.1 Å². The second-order valence-electron chi connectivity index (χ2n) is 7.36. The van der Waals surface area contributed by atoms with E-state index in [0.29, 0.717) is 30.4 Å². The Kier molecular flexibility index (Phi) is 10.4. The van der Waals surface area contributed by atoms with Gasteiger partial charge in [-0.15, -0.1) is 0 Å². The molecule has 7 heteroatoms. The molecule has 0 spiro atoms. The van der Waals surface area contributed by atoms with Crippen LogP contribution in [-0.4, -0.2) is 48.1 Å². The Morgan fingerprint density at radius 1 is 1.10 bits per heavy atom. The number of ether oxygens (including phenoxy) is 2. The first kappa shape index (κ1) is 24.7. The molecule has 29 heavy (non-hydrogen) atoms. The van der Waals surface area contributed by atoms with Gasteiger partial charge in [0.1, 0.15) is 0 Å². The molecule has 0 saturated carbocycles. The molecule has 7 nitrogen and oxygen atoms in total. The largest absolute Gasteiger partial charge is 0.472 e. The van der Waals surface area contributed by atoms with Crippen molar-refractivity contribution in [2.24, 2.45) is 0 Å². The molecule has 162 valence electrons. The van der Waals surface area contributed by atoms with E-state index in [1.165, 1.54) is 28.1 Å². The predicted octanol–water partition coefficient (Wildman–Crippen LogP) is 3.10. The second-order valence-corrected chi connectivity index (χ2v) is 7.36. The molecule has 1 unspecified atom stereocenters. The first-order valence-electron chi connectivity index (χ1n) is 9.65. The molecule has 2 N–H and O–H groups in total. The van der Waals surface area contributed by atoms with Crippen LogP contribution in [0.3, 0.4) is 0 Å². The number of aliphatic hydroxyl groups is 2. The highest BCUT2D eigenvalue weighted by molar-refractivity contribution is 5.89. The van der Waals surface area contributed by atoms with Gasteiger partial charge in [-0.3, -0.25) is 0 Å². The molecule has 1 aromatic rings. The van der Waals surface area contributed by atoms with E-state index in [0.717, 1.165) is 12.0 Å². The Labute approximate surface area is 172 Å². The van der Waals surface area contributed by atoms with Crippen LogP contribution in [0, 0.1) is 0 Å². The van der Waals surface area contributed by atoms with Crippen molar-refractivity contribution in [2.75, 3.05) is 14.2 Å². The smallest absolute Gasteiger partial charge is 0.333 e. The molecule has 0 bridgehead atoms. The van der Waals surface area contributed by atoms with Crippen LogP contribution in [0.4, 0.5) is 0 Å². The van der Waals surface area contributed by atoms with E-state index in [2.05, 4.69) is 0 Å². The van der Waals surface area contributed by atoms with E-state index < -0.39 is 23.6 Å². The highest BCUT2D eigenvalue weighted by Crippen LogP contribution is 2.19. The summed E-state index contributed by atoms with van der Waals surface area (Å²) < 4.78 is 14.7. The van der Waals surface area contributed by atoms with Crippen LogP contribution in [0.5, 0.6) is 0 Å². The number of furan rings is 1. The van der Waals surface area contributed by atoms with Gasteiger partial charge in [-0.1, -0.05) is 12.2 Å². The molecule has 0 aliphatic carbocycles. The number of methoxy groups -OCH3 is 2. The topological polar surface area (TPSA) is 106 Å². The fourth-order valence-corrected chi connectivity index (χ4v) is 2.73. The third-order valence-electron chi connectivity index (χ3n) is 4.61. The van der Waals surface area contributed by atoms with Crippen molar-refractivity contribution in [3.63, 3.8) is 0 Å². The predicted molar refractivity (Wildman–Crippen MR) is 108 cm³/mol. The minimum atomic E-state index is -1.25. The number of carbonyl (C=O) groups excluding carboxylic acids is 2. The molecule has 0 aromatic carbocycles. The number of esters is 2.